The molecule has 3 unspecified atom stereocenters. The number of hydrogen-bond acceptors (Lipinski definition) is 3. The Labute approximate surface area is 138 Å². The molecular weight excluding hydrogens is 327 g/mol. The third kappa shape index (κ3) is 6.71. The van der Waals surface area contributed by atoms with E-state index >= 15 is 0 Å². The molecule has 0 heterocycles. The summed E-state index contributed by atoms with van der Waals surface area (Å²) in [4.78, 5) is 0. The molecule has 0 saturated carbocycles. The molecule has 1 rings (SSSR count). The molecule has 0 fully saturated rings. The van der Waals surface area contributed by atoms with Gasteiger partial charge in [0.05, 0.1) is 12.0 Å². The molecule has 3 nitrogen and oxygen atoms in total. The third-order valence-electron chi connectivity index (χ3n) is 3.47. The average molecular weight is 351 g/mol. The van der Waals surface area contributed by atoms with Crippen LogP contribution in [0, 0.1) is 5.92 Å². The lowest BCUT2D eigenvalue weighted by Gasteiger charge is -2.30. The van der Waals surface area contributed by atoms with Crippen LogP contribution in [0.1, 0.15) is 45.2 Å². The number of nitrogens with one attached hydrogen (secondary N) is 1. The predicted molar refractivity (Wildman–Crippen MR) is 86.1 cm³/mol. The van der Waals surface area contributed by atoms with Gasteiger partial charge in [-0.2, -0.15) is 13.2 Å². The molecule has 0 aromatic heterocycles. The summed E-state index contributed by atoms with van der Waals surface area (Å²) in [5.41, 5.74) is 0.650. The van der Waals surface area contributed by atoms with Gasteiger partial charge in [0.15, 0.2) is 0 Å². The zero-order valence-corrected chi connectivity index (χ0v) is 14.4. The maximum absolute atomic E-state index is 13.1. The van der Waals surface area contributed by atoms with E-state index in [2.05, 4.69) is 4.72 Å². The minimum Gasteiger partial charge on any atom is -0.598 e. The number of aliphatic hydroxyl groups excluding tert-OH is 1. The van der Waals surface area contributed by atoms with Crippen LogP contribution >= 0.6 is 0 Å². The molecule has 0 spiro atoms. The Kier molecular flexibility index (Phi) is 7.38. The highest BCUT2D eigenvalue weighted by Crippen LogP contribution is 2.36. The molecule has 3 atom stereocenters. The normalized spacial score (nSPS) is 16.9. The number of rotatable bonds is 7. The third-order valence-corrected chi connectivity index (χ3v) is 5.08. The molecule has 0 amide bonds. The Morgan fingerprint density at radius 1 is 1.17 bits per heavy atom. The van der Waals surface area contributed by atoms with Gasteiger partial charge < -0.3 is 9.66 Å². The first-order chi connectivity index (χ1) is 10.6. The summed E-state index contributed by atoms with van der Waals surface area (Å²) < 4.78 is 54.0. The fourth-order valence-electron chi connectivity index (χ4n) is 2.10. The molecule has 0 aliphatic carbocycles. The second-order valence-corrected chi connectivity index (χ2v) is 8.45. The molecule has 1 aromatic carbocycles. The lowest BCUT2D eigenvalue weighted by Crippen LogP contribution is -2.42. The molecule has 0 radical (unpaired) electrons. The van der Waals surface area contributed by atoms with Crippen molar-refractivity contribution in [3.05, 3.63) is 35.9 Å². The van der Waals surface area contributed by atoms with E-state index < -0.39 is 40.9 Å². The Morgan fingerprint density at radius 3 is 2.17 bits per heavy atom. The molecule has 0 aliphatic rings. The van der Waals surface area contributed by atoms with Gasteiger partial charge in [0.2, 0.25) is 0 Å². The van der Waals surface area contributed by atoms with Gasteiger partial charge in [0.25, 0.3) is 0 Å². The molecule has 2 N–H and O–H groups in total. The molecule has 1 aromatic rings. The van der Waals surface area contributed by atoms with Gasteiger partial charge in [-0.25, -0.2) is 0 Å². The Hall–Kier alpha value is -0.760. The minimum atomic E-state index is -4.40. The van der Waals surface area contributed by atoms with Crippen LogP contribution in [0.3, 0.4) is 0 Å². The first-order valence-electron chi connectivity index (χ1n) is 7.46. The highest BCUT2D eigenvalue weighted by Gasteiger charge is 2.41. The van der Waals surface area contributed by atoms with Crippen molar-refractivity contribution in [1.29, 1.82) is 0 Å². The summed E-state index contributed by atoms with van der Waals surface area (Å²) >= 11 is -1.49. The van der Waals surface area contributed by atoms with Crippen LogP contribution < -0.4 is 4.72 Å². The van der Waals surface area contributed by atoms with E-state index in [-0.39, 0.29) is 12.8 Å². The van der Waals surface area contributed by atoms with Gasteiger partial charge in [0, 0.05) is 18.0 Å². The van der Waals surface area contributed by atoms with Gasteiger partial charge >= 0.3 is 6.18 Å². The van der Waals surface area contributed by atoms with E-state index in [1.165, 1.54) is 0 Å². The first kappa shape index (κ1) is 20.3. The predicted octanol–water partition coefficient (Wildman–Crippen LogP) is 3.73. The van der Waals surface area contributed by atoms with Gasteiger partial charge in [-0.3, -0.25) is 0 Å². The topological polar surface area (TPSA) is 55.3 Å². The second kappa shape index (κ2) is 8.37. The quantitative estimate of drug-likeness (QED) is 0.736. The van der Waals surface area contributed by atoms with Gasteiger partial charge in [-0.1, -0.05) is 30.3 Å². The van der Waals surface area contributed by atoms with Crippen molar-refractivity contribution < 1.29 is 22.8 Å². The maximum Gasteiger partial charge on any atom is 0.391 e. The zero-order valence-electron chi connectivity index (χ0n) is 13.6. The van der Waals surface area contributed by atoms with Crippen LogP contribution in [-0.4, -0.2) is 27.2 Å². The molecule has 0 saturated heterocycles. The monoisotopic (exact) mass is 351 g/mol. The van der Waals surface area contributed by atoms with Crippen LogP contribution in [0.2, 0.25) is 0 Å². The van der Waals surface area contributed by atoms with Crippen LogP contribution in [0.5, 0.6) is 0 Å². The summed E-state index contributed by atoms with van der Waals surface area (Å²) in [5, 5.41) is 8.91. The van der Waals surface area contributed by atoms with Crippen molar-refractivity contribution in [2.45, 2.75) is 50.6 Å². The summed E-state index contributed by atoms with van der Waals surface area (Å²) in [5.74, 6) is -1.65. The summed E-state index contributed by atoms with van der Waals surface area (Å²) in [6.07, 6.45) is -5.03. The largest absolute Gasteiger partial charge is 0.598 e. The highest BCUT2D eigenvalue weighted by molar-refractivity contribution is 7.90. The Bertz CT molecular complexity index is 463. The van der Waals surface area contributed by atoms with Crippen LogP contribution in [0.15, 0.2) is 30.3 Å². The van der Waals surface area contributed by atoms with Crippen molar-refractivity contribution in [3.63, 3.8) is 0 Å². The van der Waals surface area contributed by atoms with Crippen molar-refractivity contribution in [2.75, 3.05) is 6.61 Å². The number of hydrogen-bond donors (Lipinski definition) is 2. The van der Waals surface area contributed by atoms with Gasteiger partial charge in [-0.15, -0.1) is 4.72 Å². The molecule has 0 bridgehead atoms. The highest BCUT2D eigenvalue weighted by atomic mass is 32.2. The molecule has 0 aliphatic heterocycles. The zero-order chi connectivity index (χ0) is 17.7. The lowest BCUT2D eigenvalue weighted by molar-refractivity contribution is -0.181. The fraction of sp³-hybridized carbons (Fsp3) is 0.625. The van der Waals surface area contributed by atoms with Crippen molar-refractivity contribution in [3.8, 4) is 0 Å². The van der Waals surface area contributed by atoms with Crippen LogP contribution in [0.4, 0.5) is 13.2 Å². The number of aliphatic hydroxyl groups is 1. The standard InChI is InChI=1S/C16H24F3NO2S/c1-15(2,3)23(22)20-14(12-7-5-4-6-8-12)11-13(9-10-21)16(17,18)19/h4-8,13-14,20-21H,9-11H2,1-3H3. The summed E-state index contributed by atoms with van der Waals surface area (Å²) in [6.45, 7) is 4.74. The summed E-state index contributed by atoms with van der Waals surface area (Å²) in [6, 6.07) is 7.97. The molecule has 7 heteroatoms. The Balaban J connectivity index is 3.00. The van der Waals surface area contributed by atoms with Crippen LogP contribution in [0.25, 0.3) is 0 Å². The number of benzene rings is 1. The van der Waals surface area contributed by atoms with Crippen LogP contribution in [-0.2, 0) is 11.4 Å². The average Bonchev–Trinajstić information content (AvgIpc) is 2.44. The van der Waals surface area contributed by atoms with E-state index in [1.54, 1.807) is 51.1 Å². The fourth-order valence-corrected chi connectivity index (χ4v) is 2.94. The van der Waals surface area contributed by atoms with E-state index in [4.69, 9.17) is 5.11 Å². The molecular formula is C16H24F3NO2S. The van der Waals surface area contributed by atoms with Crippen molar-refractivity contribution in [1.82, 2.24) is 4.72 Å². The first-order valence-corrected chi connectivity index (χ1v) is 8.61. The second-order valence-electron chi connectivity index (χ2n) is 6.45. The van der Waals surface area contributed by atoms with Crippen molar-refractivity contribution in [2.24, 2.45) is 5.92 Å². The van der Waals surface area contributed by atoms with Gasteiger partial charge in [-0.05, 0) is 39.2 Å². The smallest absolute Gasteiger partial charge is 0.391 e. The van der Waals surface area contributed by atoms with Gasteiger partial charge in [0.1, 0.15) is 4.75 Å². The van der Waals surface area contributed by atoms with E-state index in [0.29, 0.717) is 5.56 Å². The molecule has 132 valence electrons. The maximum atomic E-state index is 13.1. The SMILES string of the molecule is CC(C)(C)[S+]([O-])NC(CC(CCO)C(F)(F)F)c1ccccc1. The van der Waals surface area contributed by atoms with E-state index in [0.717, 1.165) is 0 Å². The lowest BCUT2D eigenvalue weighted by atomic mass is 9.92. The van der Waals surface area contributed by atoms with E-state index in [1.807, 2.05) is 0 Å². The Morgan fingerprint density at radius 2 is 1.74 bits per heavy atom. The number of alkyl halides is 3. The molecule has 23 heavy (non-hydrogen) atoms. The number of halogens is 3. The van der Waals surface area contributed by atoms with E-state index in [9.17, 15) is 17.7 Å². The minimum absolute atomic E-state index is 0.268. The van der Waals surface area contributed by atoms with Crippen molar-refractivity contribution >= 4 is 11.4 Å². The summed E-state index contributed by atoms with van der Waals surface area (Å²) in [7, 11) is 0.